The highest BCUT2D eigenvalue weighted by atomic mass is 16.5. The van der Waals surface area contributed by atoms with E-state index in [1.807, 2.05) is 36.4 Å². The van der Waals surface area contributed by atoms with E-state index in [-0.39, 0.29) is 5.69 Å². The summed E-state index contributed by atoms with van der Waals surface area (Å²) in [5.41, 5.74) is 1.16. The van der Waals surface area contributed by atoms with Crippen LogP contribution in [0.2, 0.25) is 0 Å². The Morgan fingerprint density at radius 3 is 2.68 bits per heavy atom. The first kappa shape index (κ1) is 11.1. The number of hydrogen-bond donors (Lipinski definition) is 0. The maximum atomic E-state index is 8.63. The Morgan fingerprint density at radius 2 is 1.89 bits per heavy atom. The second-order valence-corrected chi connectivity index (χ2v) is 3.82. The van der Waals surface area contributed by atoms with Gasteiger partial charge in [0.05, 0.1) is 24.1 Å². The molecule has 2 aromatic heterocycles. The molecule has 1 aromatic carbocycles. The van der Waals surface area contributed by atoms with Gasteiger partial charge < -0.3 is 4.74 Å². The zero-order valence-electron chi connectivity index (χ0n) is 9.82. The monoisotopic (exact) mass is 248 g/mol. The molecule has 0 spiro atoms. The van der Waals surface area contributed by atoms with Crippen LogP contribution in [0.25, 0.3) is 10.9 Å². The van der Waals surface area contributed by atoms with E-state index in [0.717, 1.165) is 10.9 Å². The molecule has 2 heterocycles. The molecule has 5 nitrogen and oxygen atoms in total. The van der Waals surface area contributed by atoms with Crippen molar-refractivity contribution < 1.29 is 4.74 Å². The molecular formula is C14H8N4O. The Morgan fingerprint density at radius 1 is 1.00 bits per heavy atom. The summed E-state index contributed by atoms with van der Waals surface area (Å²) in [6, 6.07) is 11.5. The van der Waals surface area contributed by atoms with Crippen molar-refractivity contribution in [3.8, 4) is 17.7 Å². The molecule has 0 atom stereocenters. The van der Waals surface area contributed by atoms with E-state index in [1.54, 1.807) is 6.20 Å². The third-order valence-electron chi connectivity index (χ3n) is 2.53. The second-order valence-electron chi connectivity index (χ2n) is 3.82. The maximum Gasteiger partial charge on any atom is 0.237 e. The van der Waals surface area contributed by atoms with Gasteiger partial charge in [-0.3, -0.25) is 4.98 Å². The molecule has 3 aromatic rings. The predicted octanol–water partition coefficient (Wildman–Crippen LogP) is 2.69. The minimum atomic E-state index is 0.254. The number of ether oxygens (including phenoxy) is 1. The fourth-order valence-corrected chi connectivity index (χ4v) is 1.65. The first-order chi connectivity index (χ1) is 9.35. The van der Waals surface area contributed by atoms with Crippen LogP contribution in [-0.4, -0.2) is 15.0 Å². The lowest BCUT2D eigenvalue weighted by Gasteiger charge is -2.04. The smallest absolute Gasteiger partial charge is 0.237 e. The van der Waals surface area contributed by atoms with Crippen molar-refractivity contribution in [2.75, 3.05) is 0 Å². The number of aromatic nitrogens is 3. The number of nitriles is 1. The van der Waals surface area contributed by atoms with Gasteiger partial charge in [-0.2, -0.15) is 5.26 Å². The van der Waals surface area contributed by atoms with E-state index in [2.05, 4.69) is 15.0 Å². The van der Waals surface area contributed by atoms with Gasteiger partial charge in [-0.1, -0.05) is 18.2 Å². The number of fused-ring (bicyclic) bond motifs is 1. The molecule has 0 aliphatic carbocycles. The summed E-state index contributed by atoms with van der Waals surface area (Å²) >= 11 is 0. The van der Waals surface area contributed by atoms with E-state index in [9.17, 15) is 0 Å². The minimum Gasteiger partial charge on any atom is -0.436 e. The SMILES string of the molecule is N#Cc1cnc(Oc2cnc3ccccc3c2)cn1. The number of benzene rings is 1. The fraction of sp³-hybridized carbons (Fsp3) is 0. The van der Waals surface area contributed by atoms with Gasteiger partial charge in [-0.25, -0.2) is 9.97 Å². The van der Waals surface area contributed by atoms with Gasteiger partial charge in [0.2, 0.25) is 5.88 Å². The topological polar surface area (TPSA) is 71.7 Å². The van der Waals surface area contributed by atoms with Crippen molar-refractivity contribution in [2.24, 2.45) is 0 Å². The highest BCUT2D eigenvalue weighted by Gasteiger charge is 2.02. The third-order valence-corrected chi connectivity index (χ3v) is 2.53. The molecule has 19 heavy (non-hydrogen) atoms. The molecular weight excluding hydrogens is 240 g/mol. The molecule has 0 aliphatic rings. The molecule has 0 radical (unpaired) electrons. The molecule has 90 valence electrons. The van der Waals surface area contributed by atoms with Crippen LogP contribution in [0, 0.1) is 11.3 Å². The van der Waals surface area contributed by atoms with Crippen LogP contribution in [0.5, 0.6) is 11.6 Å². The summed E-state index contributed by atoms with van der Waals surface area (Å²) in [6.45, 7) is 0. The molecule has 0 saturated heterocycles. The van der Waals surface area contributed by atoms with Crippen LogP contribution in [0.15, 0.2) is 48.9 Å². The van der Waals surface area contributed by atoms with Crippen molar-refractivity contribution in [1.82, 2.24) is 15.0 Å². The van der Waals surface area contributed by atoms with E-state index in [1.165, 1.54) is 12.4 Å². The van der Waals surface area contributed by atoms with Crippen molar-refractivity contribution >= 4 is 10.9 Å². The molecule has 0 fully saturated rings. The second kappa shape index (κ2) is 4.70. The fourth-order valence-electron chi connectivity index (χ4n) is 1.65. The summed E-state index contributed by atoms with van der Waals surface area (Å²) in [4.78, 5) is 12.2. The van der Waals surface area contributed by atoms with Crippen molar-refractivity contribution in [1.29, 1.82) is 5.26 Å². The molecule has 0 bridgehead atoms. The zero-order valence-corrected chi connectivity index (χ0v) is 9.82. The van der Waals surface area contributed by atoms with Crippen LogP contribution in [0.1, 0.15) is 5.69 Å². The summed E-state index contributed by atoms with van der Waals surface area (Å²) in [5.74, 6) is 0.911. The average molecular weight is 248 g/mol. The summed E-state index contributed by atoms with van der Waals surface area (Å²) in [7, 11) is 0. The summed E-state index contributed by atoms with van der Waals surface area (Å²) in [5, 5.41) is 9.62. The number of pyridine rings is 1. The van der Waals surface area contributed by atoms with E-state index in [0.29, 0.717) is 11.6 Å². The van der Waals surface area contributed by atoms with Crippen LogP contribution in [0.3, 0.4) is 0 Å². The van der Waals surface area contributed by atoms with E-state index in [4.69, 9.17) is 10.00 Å². The van der Waals surface area contributed by atoms with Gasteiger partial charge in [-0.15, -0.1) is 0 Å². The third kappa shape index (κ3) is 2.33. The molecule has 0 aliphatic heterocycles. The lowest BCUT2D eigenvalue weighted by Crippen LogP contribution is -1.91. The standard InChI is InChI=1S/C14H8N4O/c15-6-11-7-18-14(9-16-11)19-12-5-10-3-1-2-4-13(10)17-8-12/h1-5,7-9H. The zero-order chi connectivity index (χ0) is 13.1. The van der Waals surface area contributed by atoms with Crippen LogP contribution >= 0.6 is 0 Å². The molecule has 0 N–H and O–H groups in total. The van der Waals surface area contributed by atoms with E-state index < -0.39 is 0 Å². The van der Waals surface area contributed by atoms with Crippen LogP contribution in [0.4, 0.5) is 0 Å². The van der Waals surface area contributed by atoms with Crippen molar-refractivity contribution in [3.63, 3.8) is 0 Å². The number of para-hydroxylation sites is 1. The van der Waals surface area contributed by atoms with Gasteiger partial charge in [-0.05, 0) is 12.1 Å². The van der Waals surface area contributed by atoms with Gasteiger partial charge >= 0.3 is 0 Å². The Labute approximate surface area is 109 Å². The number of nitrogens with zero attached hydrogens (tertiary/aromatic N) is 4. The van der Waals surface area contributed by atoms with Crippen LogP contribution in [-0.2, 0) is 0 Å². The molecule has 0 amide bonds. The molecule has 3 rings (SSSR count). The van der Waals surface area contributed by atoms with Gasteiger partial charge in [0.1, 0.15) is 11.8 Å². The van der Waals surface area contributed by atoms with Gasteiger partial charge in [0, 0.05) is 5.39 Å². The maximum absolute atomic E-state index is 8.63. The van der Waals surface area contributed by atoms with Crippen molar-refractivity contribution in [2.45, 2.75) is 0 Å². The lowest BCUT2D eigenvalue weighted by molar-refractivity contribution is 0.459. The van der Waals surface area contributed by atoms with Crippen LogP contribution < -0.4 is 4.74 Å². The first-order valence-corrected chi connectivity index (χ1v) is 5.60. The van der Waals surface area contributed by atoms with Gasteiger partial charge in [0.15, 0.2) is 5.69 Å². The van der Waals surface area contributed by atoms with Crippen molar-refractivity contribution in [3.05, 3.63) is 54.6 Å². The minimum absolute atomic E-state index is 0.254. The summed E-state index contributed by atoms with van der Waals surface area (Å²) in [6.07, 6.45) is 4.40. The average Bonchev–Trinajstić information content (AvgIpc) is 2.48. The molecule has 5 heteroatoms. The first-order valence-electron chi connectivity index (χ1n) is 5.60. The molecule has 0 unspecified atom stereocenters. The largest absolute Gasteiger partial charge is 0.436 e. The Hall–Kier alpha value is -3.00. The lowest BCUT2D eigenvalue weighted by atomic mass is 10.2. The highest BCUT2D eigenvalue weighted by Crippen LogP contribution is 2.21. The van der Waals surface area contributed by atoms with E-state index >= 15 is 0 Å². The molecule has 0 saturated carbocycles. The van der Waals surface area contributed by atoms with Gasteiger partial charge in [0.25, 0.3) is 0 Å². The number of rotatable bonds is 2. The normalized spacial score (nSPS) is 10.1. The Balaban J connectivity index is 1.90. The summed E-state index contributed by atoms with van der Waals surface area (Å²) < 4.78 is 5.54. The number of hydrogen-bond acceptors (Lipinski definition) is 5. The predicted molar refractivity (Wildman–Crippen MR) is 68.6 cm³/mol. The Kier molecular flexibility index (Phi) is 2.75. The Bertz CT molecular complexity index is 762. The highest BCUT2D eigenvalue weighted by molar-refractivity contribution is 5.79. The quantitative estimate of drug-likeness (QED) is 0.697.